The van der Waals surface area contributed by atoms with Gasteiger partial charge in [0.1, 0.15) is 0 Å². The van der Waals surface area contributed by atoms with E-state index < -0.39 is 0 Å². The highest BCUT2D eigenvalue weighted by molar-refractivity contribution is 5.15. The van der Waals surface area contributed by atoms with Crippen molar-refractivity contribution in [2.24, 2.45) is 0 Å². The van der Waals surface area contributed by atoms with Crippen molar-refractivity contribution in [3.63, 3.8) is 0 Å². The molecule has 0 fully saturated rings. The van der Waals surface area contributed by atoms with Crippen LogP contribution in [0.15, 0.2) is 30.3 Å². The lowest BCUT2D eigenvalue weighted by atomic mass is 10.1. The number of rotatable bonds is 5. The van der Waals surface area contributed by atoms with E-state index in [0.29, 0.717) is 6.04 Å². The Bertz CT molecular complexity index is 246. The first kappa shape index (κ1) is 11.2. The van der Waals surface area contributed by atoms with Crippen LogP contribution in [0, 0.1) is 0 Å². The zero-order chi connectivity index (χ0) is 10.4. The Balaban J connectivity index is 2.30. The molecule has 0 aliphatic rings. The van der Waals surface area contributed by atoms with Crippen molar-refractivity contribution in [1.29, 1.82) is 0 Å². The van der Waals surface area contributed by atoms with Gasteiger partial charge in [0.2, 0.25) is 0 Å². The van der Waals surface area contributed by atoms with Gasteiger partial charge in [0, 0.05) is 6.04 Å². The fourth-order valence-electron chi connectivity index (χ4n) is 1.26. The van der Waals surface area contributed by atoms with Crippen molar-refractivity contribution in [3.8, 4) is 0 Å². The highest BCUT2D eigenvalue weighted by Gasteiger charge is 2.03. The topological polar surface area (TPSA) is 21.3 Å². The highest BCUT2D eigenvalue weighted by Crippen LogP contribution is 2.02. The molecule has 0 aromatic heterocycles. The van der Waals surface area contributed by atoms with Crippen molar-refractivity contribution in [2.75, 3.05) is 0 Å². The first-order chi connectivity index (χ1) is 6.68. The normalized spacial score (nSPS) is 13.1. The van der Waals surface area contributed by atoms with Crippen molar-refractivity contribution in [2.45, 2.75) is 39.3 Å². The first-order valence-electron chi connectivity index (χ1n) is 5.13. The molecule has 0 aliphatic heterocycles. The smallest absolute Gasteiger partial charge is 0.0734 e. The highest BCUT2D eigenvalue weighted by atomic mass is 16.7. The lowest BCUT2D eigenvalue weighted by molar-refractivity contribution is -0.0224. The number of nitrogens with one attached hydrogen (secondary N) is 1. The second-order valence-corrected chi connectivity index (χ2v) is 3.88. The van der Waals surface area contributed by atoms with E-state index in [1.165, 1.54) is 5.56 Å². The van der Waals surface area contributed by atoms with Gasteiger partial charge in [0.15, 0.2) is 0 Å². The average Bonchev–Trinajstić information content (AvgIpc) is 2.16. The van der Waals surface area contributed by atoms with E-state index in [2.05, 4.69) is 36.7 Å². The third-order valence-corrected chi connectivity index (χ3v) is 1.89. The Labute approximate surface area is 86.2 Å². The molecule has 0 bridgehead atoms. The van der Waals surface area contributed by atoms with Crippen LogP contribution in [0.4, 0.5) is 0 Å². The molecule has 1 aromatic carbocycles. The molecule has 78 valence electrons. The van der Waals surface area contributed by atoms with E-state index in [4.69, 9.17) is 4.84 Å². The first-order valence-corrected chi connectivity index (χ1v) is 5.13. The van der Waals surface area contributed by atoms with Gasteiger partial charge in [0.05, 0.1) is 6.10 Å². The Hall–Kier alpha value is -0.860. The lowest BCUT2D eigenvalue weighted by Gasteiger charge is -2.15. The molecule has 0 amide bonds. The second-order valence-electron chi connectivity index (χ2n) is 3.88. The van der Waals surface area contributed by atoms with Gasteiger partial charge < -0.3 is 0 Å². The Kier molecular flexibility index (Phi) is 4.63. The fraction of sp³-hybridized carbons (Fsp3) is 0.500. The molecule has 0 saturated carbocycles. The van der Waals surface area contributed by atoms with Crippen LogP contribution in [0.25, 0.3) is 0 Å². The molecule has 0 heterocycles. The summed E-state index contributed by atoms with van der Waals surface area (Å²) in [5.74, 6) is 0. The van der Waals surface area contributed by atoms with Gasteiger partial charge in [-0.25, -0.2) is 0 Å². The second kappa shape index (κ2) is 5.78. The van der Waals surface area contributed by atoms with Gasteiger partial charge in [-0.3, -0.25) is 4.84 Å². The maximum atomic E-state index is 5.33. The molecule has 1 N–H and O–H groups in total. The van der Waals surface area contributed by atoms with Crippen LogP contribution in [0.3, 0.4) is 0 Å². The molecule has 2 nitrogen and oxygen atoms in total. The monoisotopic (exact) mass is 193 g/mol. The summed E-state index contributed by atoms with van der Waals surface area (Å²) in [4.78, 5) is 5.33. The summed E-state index contributed by atoms with van der Waals surface area (Å²) in [5.41, 5.74) is 4.36. The van der Waals surface area contributed by atoms with Crippen molar-refractivity contribution in [1.82, 2.24) is 5.48 Å². The predicted molar refractivity (Wildman–Crippen MR) is 59.0 cm³/mol. The summed E-state index contributed by atoms with van der Waals surface area (Å²) < 4.78 is 0. The maximum Gasteiger partial charge on any atom is 0.0734 e. The Morgan fingerprint density at radius 2 is 1.79 bits per heavy atom. The molecule has 1 rings (SSSR count). The molecule has 0 saturated heterocycles. The minimum Gasteiger partial charge on any atom is -0.299 e. The fourth-order valence-corrected chi connectivity index (χ4v) is 1.26. The van der Waals surface area contributed by atoms with Gasteiger partial charge in [0.25, 0.3) is 0 Å². The van der Waals surface area contributed by atoms with Crippen LogP contribution in [0.1, 0.15) is 26.3 Å². The van der Waals surface area contributed by atoms with Gasteiger partial charge >= 0.3 is 0 Å². The van der Waals surface area contributed by atoms with E-state index in [-0.39, 0.29) is 6.10 Å². The third kappa shape index (κ3) is 4.40. The van der Waals surface area contributed by atoms with Crippen LogP contribution >= 0.6 is 0 Å². The van der Waals surface area contributed by atoms with Gasteiger partial charge in [-0.1, -0.05) is 30.3 Å². The molecule has 1 aromatic rings. The van der Waals surface area contributed by atoms with Crippen molar-refractivity contribution >= 4 is 0 Å². The van der Waals surface area contributed by atoms with Crippen molar-refractivity contribution in [3.05, 3.63) is 35.9 Å². The van der Waals surface area contributed by atoms with Gasteiger partial charge in [-0.15, -0.1) is 0 Å². The van der Waals surface area contributed by atoms with Crippen LogP contribution < -0.4 is 5.48 Å². The van der Waals surface area contributed by atoms with E-state index in [1.54, 1.807) is 0 Å². The van der Waals surface area contributed by atoms with Crippen molar-refractivity contribution < 1.29 is 4.84 Å². The summed E-state index contributed by atoms with van der Waals surface area (Å²) in [6.07, 6.45) is 1.22. The van der Waals surface area contributed by atoms with Gasteiger partial charge in [-0.2, -0.15) is 5.48 Å². The summed E-state index contributed by atoms with van der Waals surface area (Å²) in [7, 11) is 0. The number of benzene rings is 1. The number of hydroxylamine groups is 1. The van der Waals surface area contributed by atoms with E-state index in [9.17, 15) is 0 Å². The largest absolute Gasteiger partial charge is 0.299 e. The van der Waals surface area contributed by atoms with E-state index in [0.717, 1.165) is 6.42 Å². The molecule has 0 spiro atoms. The van der Waals surface area contributed by atoms with Crippen LogP contribution in [-0.4, -0.2) is 12.1 Å². The summed E-state index contributed by atoms with van der Waals surface area (Å²) >= 11 is 0. The zero-order valence-electron chi connectivity index (χ0n) is 9.16. The van der Waals surface area contributed by atoms with Crippen LogP contribution in [0.5, 0.6) is 0 Å². The Morgan fingerprint density at radius 3 is 2.36 bits per heavy atom. The summed E-state index contributed by atoms with van der Waals surface area (Å²) in [6, 6.07) is 10.8. The molecule has 0 radical (unpaired) electrons. The molecular formula is C12H19NO. The Morgan fingerprint density at radius 1 is 1.14 bits per heavy atom. The maximum absolute atomic E-state index is 5.33. The van der Waals surface area contributed by atoms with Crippen LogP contribution in [0.2, 0.25) is 0 Å². The lowest BCUT2D eigenvalue weighted by Crippen LogP contribution is -2.30. The summed E-state index contributed by atoms with van der Waals surface area (Å²) in [5, 5.41) is 0. The predicted octanol–water partition coefficient (Wildman–Crippen LogP) is 2.55. The molecule has 1 unspecified atom stereocenters. The molecular weight excluding hydrogens is 174 g/mol. The SMILES string of the molecule is CC(Cc1ccccc1)NOC(C)C. The minimum absolute atomic E-state index is 0.230. The van der Waals surface area contributed by atoms with E-state index in [1.807, 2.05) is 19.9 Å². The minimum atomic E-state index is 0.230. The third-order valence-electron chi connectivity index (χ3n) is 1.89. The quantitative estimate of drug-likeness (QED) is 0.726. The van der Waals surface area contributed by atoms with E-state index >= 15 is 0 Å². The number of hydrogen-bond acceptors (Lipinski definition) is 2. The number of hydrogen-bond donors (Lipinski definition) is 1. The molecule has 14 heavy (non-hydrogen) atoms. The van der Waals surface area contributed by atoms with Crippen LogP contribution in [-0.2, 0) is 11.3 Å². The zero-order valence-corrected chi connectivity index (χ0v) is 9.16. The summed E-state index contributed by atoms with van der Waals surface area (Å²) in [6.45, 7) is 6.15. The van der Waals surface area contributed by atoms with Gasteiger partial charge in [-0.05, 0) is 32.8 Å². The molecule has 2 heteroatoms. The average molecular weight is 193 g/mol. The molecule has 0 aliphatic carbocycles. The molecule has 1 atom stereocenters. The standard InChI is InChI=1S/C12H19NO/c1-10(2)14-13-11(3)9-12-7-5-4-6-8-12/h4-8,10-11,13H,9H2,1-3H3.